The van der Waals surface area contributed by atoms with Crippen LogP contribution >= 0.6 is 0 Å². The summed E-state index contributed by atoms with van der Waals surface area (Å²) < 4.78 is 15.5. The van der Waals surface area contributed by atoms with E-state index in [0.717, 1.165) is 5.56 Å². The Kier molecular flexibility index (Phi) is 6.53. The van der Waals surface area contributed by atoms with Gasteiger partial charge in [0.1, 0.15) is 23.4 Å². The van der Waals surface area contributed by atoms with Crippen LogP contribution < -0.4 is 15.0 Å². The fraction of sp³-hybridized carbons (Fsp3) is 0.550. The van der Waals surface area contributed by atoms with Crippen molar-refractivity contribution in [1.29, 1.82) is 0 Å². The van der Waals surface area contributed by atoms with Gasteiger partial charge in [-0.3, -0.25) is 9.69 Å². The van der Waals surface area contributed by atoms with Crippen molar-refractivity contribution >= 4 is 23.7 Å². The third kappa shape index (κ3) is 4.55. The highest BCUT2D eigenvalue weighted by Crippen LogP contribution is 2.39. The molecular formula is C20H28N2O6. The van der Waals surface area contributed by atoms with Gasteiger partial charge in [-0.05, 0) is 39.3 Å². The average molecular weight is 392 g/mol. The molecule has 0 saturated carbocycles. The Morgan fingerprint density at radius 3 is 2.46 bits per heavy atom. The van der Waals surface area contributed by atoms with Crippen molar-refractivity contribution < 1.29 is 28.6 Å². The topological polar surface area (TPSA) is 94.2 Å². The molecule has 154 valence electrons. The van der Waals surface area contributed by atoms with Gasteiger partial charge in [0.25, 0.3) is 5.91 Å². The average Bonchev–Trinajstić information content (AvgIpc) is 3.02. The van der Waals surface area contributed by atoms with Gasteiger partial charge in [-0.2, -0.15) is 0 Å². The van der Waals surface area contributed by atoms with E-state index in [2.05, 4.69) is 5.32 Å². The lowest BCUT2D eigenvalue weighted by Crippen LogP contribution is -2.53. The van der Waals surface area contributed by atoms with Gasteiger partial charge in [-0.15, -0.1) is 0 Å². The number of rotatable bonds is 5. The number of nitrogens with zero attached hydrogens (tertiary/aromatic N) is 1. The predicted molar refractivity (Wildman–Crippen MR) is 103 cm³/mol. The van der Waals surface area contributed by atoms with Gasteiger partial charge in [0, 0.05) is 12.0 Å². The summed E-state index contributed by atoms with van der Waals surface area (Å²) in [6.45, 7) is 7.00. The van der Waals surface area contributed by atoms with E-state index in [1.54, 1.807) is 45.9 Å². The number of benzene rings is 1. The predicted octanol–water partition coefficient (Wildman–Crippen LogP) is 2.43. The molecule has 0 saturated heterocycles. The molecule has 1 aliphatic heterocycles. The lowest BCUT2D eigenvalue weighted by molar-refractivity contribution is -0.143. The first kappa shape index (κ1) is 21.5. The molecule has 2 rings (SSSR count). The molecule has 1 heterocycles. The van der Waals surface area contributed by atoms with E-state index in [1.165, 1.54) is 19.1 Å². The number of carbonyl (C=O) groups excluding carboxylic acids is 3. The SMILES string of the molecule is CC[C@H](NC(=O)OC(C)(C)C)C(=O)N1c2cccc(OC)c2C[C@H]1C(=O)OC. The number of amides is 2. The number of alkyl carbamates (subject to hydrolysis) is 1. The maximum Gasteiger partial charge on any atom is 0.408 e. The van der Waals surface area contributed by atoms with Crippen LogP contribution in [0.1, 0.15) is 39.7 Å². The number of anilines is 1. The number of hydrogen-bond acceptors (Lipinski definition) is 6. The first-order chi connectivity index (χ1) is 13.1. The maximum atomic E-state index is 13.3. The van der Waals surface area contributed by atoms with Crippen LogP contribution in [0.2, 0.25) is 0 Å². The van der Waals surface area contributed by atoms with E-state index >= 15 is 0 Å². The third-order valence-corrected chi connectivity index (χ3v) is 4.40. The molecule has 1 aromatic carbocycles. The quantitative estimate of drug-likeness (QED) is 0.774. The number of esters is 1. The highest BCUT2D eigenvalue weighted by molar-refractivity contribution is 6.05. The fourth-order valence-corrected chi connectivity index (χ4v) is 3.18. The molecule has 2 atom stereocenters. The molecule has 0 bridgehead atoms. The smallest absolute Gasteiger partial charge is 0.408 e. The Morgan fingerprint density at radius 1 is 1.25 bits per heavy atom. The first-order valence-electron chi connectivity index (χ1n) is 9.19. The molecule has 1 aliphatic rings. The largest absolute Gasteiger partial charge is 0.496 e. The van der Waals surface area contributed by atoms with Gasteiger partial charge in [0.05, 0.1) is 19.9 Å². The van der Waals surface area contributed by atoms with Gasteiger partial charge in [-0.25, -0.2) is 9.59 Å². The number of ether oxygens (including phenoxy) is 3. The second kappa shape index (κ2) is 8.50. The van der Waals surface area contributed by atoms with Gasteiger partial charge in [-0.1, -0.05) is 13.0 Å². The molecule has 28 heavy (non-hydrogen) atoms. The van der Waals surface area contributed by atoms with E-state index in [0.29, 0.717) is 17.9 Å². The minimum Gasteiger partial charge on any atom is -0.496 e. The zero-order valence-electron chi connectivity index (χ0n) is 17.2. The van der Waals surface area contributed by atoms with Crippen molar-refractivity contribution in [2.45, 2.75) is 58.2 Å². The standard InChI is InChI=1S/C20H28N2O6/c1-7-13(21-19(25)28-20(2,3)4)17(23)22-14-9-8-10-16(26-5)12(14)11-15(22)18(24)27-6/h8-10,13,15H,7,11H2,1-6H3,(H,21,25)/t13-,15-/m0/s1. The molecule has 8 heteroatoms. The van der Waals surface area contributed by atoms with Crippen molar-refractivity contribution in [3.63, 3.8) is 0 Å². The van der Waals surface area contributed by atoms with E-state index in [1.807, 2.05) is 0 Å². The fourth-order valence-electron chi connectivity index (χ4n) is 3.18. The summed E-state index contributed by atoms with van der Waals surface area (Å²) in [5, 5.41) is 2.60. The Labute approximate surface area is 165 Å². The van der Waals surface area contributed by atoms with Crippen LogP contribution in [0, 0.1) is 0 Å². The summed E-state index contributed by atoms with van der Waals surface area (Å²) in [6, 6.07) is 3.60. The highest BCUT2D eigenvalue weighted by Gasteiger charge is 2.42. The Bertz CT molecular complexity index is 756. The number of nitrogens with one attached hydrogen (secondary N) is 1. The Balaban J connectivity index is 2.34. The molecule has 8 nitrogen and oxygen atoms in total. The lowest BCUT2D eigenvalue weighted by atomic mass is 10.1. The molecule has 0 fully saturated rings. The van der Waals surface area contributed by atoms with E-state index < -0.39 is 35.7 Å². The van der Waals surface area contributed by atoms with Crippen molar-refractivity contribution in [2.75, 3.05) is 19.1 Å². The Morgan fingerprint density at radius 2 is 1.93 bits per heavy atom. The molecule has 1 N–H and O–H groups in total. The molecule has 2 amide bonds. The molecule has 0 aliphatic carbocycles. The van der Waals surface area contributed by atoms with Crippen LogP contribution in [-0.2, 0) is 25.5 Å². The molecule has 0 aromatic heterocycles. The summed E-state index contributed by atoms with van der Waals surface area (Å²) in [4.78, 5) is 39.2. The van der Waals surface area contributed by atoms with E-state index in [9.17, 15) is 14.4 Å². The van der Waals surface area contributed by atoms with E-state index in [4.69, 9.17) is 14.2 Å². The summed E-state index contributed by atoms with van der Waals surface area (Å²) in [7, 11) is 2.81. The van der Waals surface area contributed by atoms with Gasteiger partial charge in [0.15, 0.2) is 0 Å². The maximum absolute atomic E-state index is 13.3. The lowest BCUT2D eigenvalue weighted by Gasteiger charge is -2.29. The summed E-state index contributed by atoms with van der Waals surface area (Å²) >= 11 is 0. The zero-order valence-corrected chi connectivity index (χ0v) is 17.2. The van der Waals surface area contributed by atoms with Crippen LogP contribution in [0.15, 0.2) is 18.2 Å². The molecule has 0 spiro atoms. The van der Waals surface area contributed by atoms with Crippen LogP contribution in [0.3, 0.4) is 0 Å². The second-order valence-corrected chi connectivity index (χ2v) is 7.52. The summed E-state index contributed by atoms with van der Waals surface area (Å²) in [5.41, 5.74) is 0.637. The first-order valence-corrected chi connectivity index (χ1v) is 9.19. The number of carbonyl (C=O) groups is 3. The van der Waals surface area contributed by atoms with Crippen LogP contribution in [-0.4, -0.2) is 49.9 Å². The molecule has 1 aromatic rings. The minimum absolute atomic E-state index is 0.278. The van der Waals surface area contributed by atoms with Crippen LogP contribution in [0.4, 0.5) is 10.5 Å². The van der Waals surface area contributed by atoms with Gasteiger partial charge < -0.3 is 19.5 Å². The molecule has 0 radical (unpaired) electrons. The zero-order chi connectivity index (χ0) is 21.1. The van der Waals surface area contributed by atoms with Gasteiger partial charge in [0.2, 0.25) is 0 Å². The van der Waals surface area contributed by atoms with Crippen molar-refractivity contribution in [3.05, 3.63) is 23.8 Å². The summed E-state index contributed by atoms with van der Waals surface area (Å²) in [6.07, 6.45) is -0.0741. The number of methoxy groups -OCH3 is 2. The van der Waals surface area contributed by atoms with Crippen molar-refractivity contribution in [1.82, 2.24) is 5.32 Å². The monoisotopic (exact) mass is 392 g/mol. The van der Waals surface area contributed by atoms with Crippen LogP contribution in [0.5, 0.6) is 5.75 Å². The second-order valence-electron chi connectivity index (χ2n) is 7.52. The Hall–Kier alpha value is -2.77. The van der Waals surface area contributed by atoms with Crippen molar-refractivity contribution in [3.8, 4) is 5.75 Å². The minimum atomic E-state index is -0.848. The molecular weight excluding hydrogens is 364 g/mol. The highest BCUT2D eigenvalue weighted by atomic mass is 16.6. The van der Waals surface area contributed by atoms with Gasteiger partial charge >= 0.3 is 12.1 Å². The van der Waals surface area contributed by atoms with E-state index in [-0.39, 0.29) is 6.42 Å². The number of fused-ring (bicyclic) bond motifs is 1. The van der Waals surface area contributed by atoms with Crippen LogP contribution in [0.25, 0.3) is 0 Å². The number of hydrogen-bond donors (Lipinski definition) is 1. The third-order valence-electron chi connectivity index (χ3n) is 4.40. The van der Waals surface area contributed by atoms with Crippen molar-refractivity contribution in [2.24, 2.45) is 0 Å². The molecule has 0 unspecified atom stereocenters. The normalized spacial score (nSPS) is 16.8. The summed E-state index contributed by atoms with van der Waals surface area (Å²) in [5.74, 6) is -0.343.